The Kier molecular flexibility index (Phi) is 9.80. The maximum Gasteiger partial charge on any atom is 0.191 e. The molecule has 0 aliphatic carbocycles. The lowest BCUT2D eigenvalue weighted by atomic mass is 10.00. The maximum absolute atomic E-state index is 6.09. The first-order valence-corrected chi connectivity index (χ1v) is 7.72. The summed E-state index contributed by atoms with van der Waals surface area (Å²) in [5, 5.41) is 0. The van der Waals surface area contributed by atoms with Gasteiger partial charge in [0.25, 0.3) is 0 Å². The molecule has 0 atom stereocenters. The van der Waals surface area contributed by atoms with Gasteiger partial charge in [-0.1, -0.05) is 6.92 Å². The van der Waals surface area contributed by atoms with Crippen LogP contribution in [0.3, 0.4) is 0 Å². The minimum absolute atomic E-state index is 0. The molecule has 0 saturated carbocycles. The van der Waals surface area contributed by atoms with Crippen LogP contribution >= 0.6 is 24.0 Å². The van der Waals surface area contributed by atoms with Gasteiger partial charge in [-0.05, 0) is 46.5 Å². The smallest absolute Gasteiger partial charge is 0.191 e. The molecule has 1 aliphatic heterocycles. The number of nitrogens with two attached hydrogens (primary N) is 1. The Bertz CT molecular complexity index is 276. The van der Waals surface area contributed by atoms with Crippen LogP contribution in [0, 0.1) is 5.92 Å². The summed E-state index contributed by atoms with van der Waals surface area (Å²) in [5.74, 6) is 1.57. The van der Waals surface area contributed by atoms with Crippen LogP contribution in [-0.4, -0.2) is 54.0 Å². The predicted molar refractivity (Wildman–Crippen MR) is 98.9 cm³/mol. The van der Waals surface area contributed by atoms with E-state index in [1.807, 2.05) is 0 Å². The van der Waals surface area contributed by atoms with Crippen LogP contribution in [0.5, 0.6) is 0 Å². The molecule has 0 aromatic carbocycles. The number of hydrogen-bond acceptors (Lipinski definition) is 2. The van der Waals surface area contributed by atoms with Crippen molar-refractivity contribution in [2.45, 2.75) is 59.5 Å². The molecule has 1 saturated heterocycles. The number of rotatable bonds is 5. The van der Waals surface area contributed by atoms with Gasteiger partial charge in [0, 0.05) is 31.7 Å². The summed E-state index contributed by atoms with van der Waals surface area (Å²) in [6.07, 6.45) is 2.47. The molecular formula is C15H33IN4. The van der Waals surface area contributed by atoms with E-state index in [0.717, 1.165) is 38.1 Å². The Balaban J connectivity index is 0.00000361. The molecule has 120 valence electrons. The van der Waals surface area contributed by atoms with Crippen LogP contribution in [0.2, 0.25) is 0 Å². The number of guanidine groups is 1. The molecular weight excluding hydrogens is 363 g/mol. The second kappa shape index (κ2) is 9.82. The second-order valence-corrected chi connectivity index (χ2v) is 6.33. The third kappa shape index (κ3) is 6.61. The van der Waals surface area contributed by atoms with Crippen molar-refractivity contribution in [2.75, 3.05) is 26.2 Å². The topological polar surface area (TPSA) is 44.9 Å². The van der Waals surface area contributed by atoms with E-state index in [1.54, 1.807) is 0 Å². The van der Waals surface area contributed by atoms with E-state index >= 15 is 0 Å². The molecule has 1 fully saturated rings. The highest BCUT2D eigenvalue weighted by Gasteiger charge is 2.17. The first-order valence-electron chi connectivity index (χ1n) is 7.72. The van der Waals surface area contributed by atoms with Crippen LogP contribution in [0.15, 0.2) is 4.99 Å². The van der Waals surface area contributed by atoms with Crippen molar-refractivity contribution < 1.29 is 0 Å². The number of halogens is 1. The molecule has 0 spiro atoms. The number of nitrogens with zero attached hydrogens (tertiary/aromatic N) is 3. The summed E-state index contributed by atoms with van der Waals surface area (Å²) in [6.45, 7) is 15.2. The molecule has 0 unspecified atom stereocenters. The lowest BCUT2D eigenvalue weighted by Gasteiger charge is -2.32. The van der Waals surface area contributed by atoms with Crippen LogP contribution in [-0.2, 0) is 0 Å². The summed E-state index contributed by atoms with van der Waals surface area (Å²) in [5.41, 5.74) is 6.09. The van der Waals surface area contributed by atoms with Crippen molar-refractivity contribution in [3.63, 3.8) is 0 Å². The van der Waals surface area contributed by atoms with Crippen molar-refractivity contribution in [2.24, 2.45) is 16.6 Å². The van der Waals surface area contributed by atoms with E-state index in [9.17, 15) is 0 Å². The summed E-state index contributed by atoms with van der Waals surface area (Å²) in [6, 6.07) is 1.12. The largest absolute Gasteiger partial charge is 0.370 e. The highest BCUT2D eigenvalue weighted by Crippen LogP contribution is 2.15. The van der Waals surface area contributed by atoms with Crippen molar-refractivity contribution in [1.29, 1.82) is 0 Å². The number of aliphatic imine (C=N–C) groups is 1. The fraction of sp³-hybridized carbons (Fsp3) is 0.933. The van der Waals surface area contributed by atoms with Crippen LogP contribution in [0.25, 0.3) is 0 Å². The van der Waals surface area contributed by atoms with Gasteiger partial charge in [0.15, 0.2) is 5.96 Å². The Labute approximate surface area is 142 Å². The molecule has 0 radical (unpaired) electrons. The quantitative estimate of drug-likeness (QED) is 0.442. The lowest BCUT2D eigenvalue weighted by Crippen LogP contribution is -2.43. The van der Waals surface area contributed by atoms with E-state index in [1.165, 1.54) is 12.8 Å². The molecule has 0 bridgehead atoms. The fourth-order valence-electron chi connectivity index (χ4n) is 2.73. The predicted octanol–water partition coefficient (Wildman–Crippen LogP) is 2.77. The molecule has 4 nitrogen and oxygen atoms in total. The molecule has 0 aromatic heterocycles. The molecule has 0 aromatic rings. The molecule has 1 rings (SSSR count). The van der Waals surface area contributed by atoms with Crippen LogP contribution in [0.4, 0.5) is 0 Å². The monoisotopic (exact) mass is 396 g/mol. The summed E-state index contributed by atoms with van der Waals surface area (Å²) < 4.78 is 0. The normalized spacial score (nSPS) is 18.0. The number of piperidine rings is 1. The molecule has 5 heteroatoms. The van der Waals surface area contributed by atoms with E-state index in [0.29, 0.717) is 12.1 Å². The van der Waals surface area contributed by atoms with Crippen molar-refractivity contribution in [3.8, 4) is 0 Å². The standard InChI is InChI=1S/C15H32N4.HI/c1-12(2)19(13(3)4)11-8-17-15(16)18-9-6-14(5)7-10-18;/h12-14H,6-11H2,1-5H3,(H2,16,17);1H. The van der Waals surface area contributed by atoms with Gasteiger partial charge in [0.1, 0.15) is 0 Å². The number of hydrogen-bond donors (Lipinski definition) is 1. The Hall–Kier alpha value is -0.0400. The lowest BCUT2D eigenvalue weighted by molar-refractivity contribution is 0.180. The van der Waals surface area contributed by atoms with Gasteiger partial charge in [-0.3, -0.25) is 9.89 Å². The Morgan fingerprint density at radius 3 is 2.15 bits per heavy atom. The minimum atomic E-state index is 0. The highest BCUT2D eigenvalue weighted by molar-refractivity contribution is 14.0. The SMILES string of the molecule is CC1CCN(C(N)=NCCN(C(C)C)C(C)C)CC1.I. The molecule has 0 amide bonds. The van der Waals surface area contributed by atoms with E-state index in [4.69, 9.17) is 5.73 Å². The zero-order valence-electron chi connectivity index (χ0n) is 13.8. The average molecular weight is 396 g/mol. The molecule has 1 heterocycles. The van der Waals surface area contributed by atoms with Gasteiger partial charge in [0.2, 0.25) is 0 Å². The second-order valence-electron chi connectivity index (χ2n) is 6.33. The first-order chi connectivity index (χ1) is 8.91. The highest BCUT2D eigenvalue weighted by atomic mass is 127. The summed E-state index contributed by atoms with van der Waals surface area (Å²) >= 11 is 0. The van der Waals surface area contributed by atoms with Gasteiger partial charge in [-0.25, -0.2) is 0 Å². The number of likely N-dealkylation sites (tertiary alicyclic amines) is 1. The fourth-order valence-corrected chi connectivity index (χ4v) is 2.73. The third-order valence-electron chi connectivity index (χ3n) is 4.07. The Morgan fingerprint density at radius 1 is 1.20 bits per heavy atom. The molecule has 20 heavy (non-hydrogen) atoms. The maximum atomic E-state index is 6.09. The van der Waals surface area contributed by atoms with E-state index < -0.39 is 0 Å². The van der Waals surface area contributed by atoms with Crippen LogP contribution in [0.1, 0.15) is 47.5 Å². The zero-order valence-corrected chi connectivity index (χ0v) is 16.1. The van der Waals surface area contributed by atoms with Gasteiger partial charge >= 0.3 is 0 Å². The first kappa shape index (κ1) is 20.0. The molecule has 2 N–H and O–H groups in total. The van der Waals surface area contributed by atoms with Gasteiger partial charge in [-0.15, -0.1) is 24.0 Å². The van der Waals surface area contributed by atoms with Gasteiger partial charge in [-0.2, -0.15) is 0 Å². The van der Waals surface area contributed by atoms with Gasteiger partial charge < -0.3 is 10.6 Å². The Morgan fingerprint density at radius 2 is 1.70 bits per heavy atom. The minimum Gasteiger partial charge on any atom is -0.370 e. The zero-order chi connectivity index (χ0) is 14.4. The van der Waals surface area contributed by atoms with Crippen LogP contribution < -0.4 is 5.73 Å². The van der Waals surface area contributed by atoms with Crippen molar-refractivity contribution >= 4 is 29.9 Å². The van der Waals surface area contributed by atoms with Gasteiger partial charge in [0.05, 0.1) is 6.54 Å². The molecule has 1 aliphatic rings. The van der Waals surface area contributed by atoms with Crippen molar-refractivity contribution in [1.82, 2.24) is 9.80 Å². The van der Waals surface area contributed by atoms with E-state index in [-0.39, 0.29) is 24.0 Å². The summed E-state index contributed by atoms with van der Waals surface area (Å²) in [7, 11) is 0. The van der Waals surface area contributed by atoms with E-state index in [2.05, 4.69) is 49.4 Å². The van der Waals surface area contributed by atoms with Crippen molar-refractivity contribution in [3.05, 3.63) is 0 Å². The average Bonchev–Trinajstić information content (AvgIpc) is 2.34. The third-order valence-corrected chi connectivity index (χ3v) is 4.07. The summed E-state index contributed by atoms with van der Waals surface area (Å²) in [4.78, 5) is 9.24.